The van der Waals surface area contributed by atoms with Gasteiger partial charge in [-0.25, -0.2) is 4.85 Å². The van der Waals surface area contributed by atoms with Gasteiger partial charge in [-0.05, 0) is 88.5 Å². The van der Waals surface area contributed by atoms with E-state index >= 15 is 0 Å². The highest BCUT2D eigenvalue weighted by Gasteiger charge is 2.25. The fourth-order valence-electron chi connectivity index (χ4n) is 9.22. The lowest BCUT2D eigenvalue weighted by Gasteiger charge is -2.20. The Bertz CT molecular complexity index is 3540. The Morgan fingerprint density at radius 1 is 0.509 bits per heavy atom. The van der Waals surface area contributed by atoms with Gasteiger partial charge in [-0.15, -0.1) is 0 Å². The lowest BCUT2D eigenvalue weighted by molar-refractivity contribution is 0.591. The lowest BCUT2D eigenvalue weighted by atomic mass is 9.86. The molecule has 0 saturated heterocycles. The highest BCUT2D eigenvalue weighted by molar-refractivity contribution is 6.22. The first-order valence-electron chi connectivity index (χ1n) is 19.3. The van der Waals surface area contributed by atoms with Crippen LogP contribution in [0.2, 0.25) is 0 Å². The molecule has 0 N–H and O–H groups in total. The Hall–Kier alpha value is -7.60. The number of benzene rings is 8. The second-order valence-electron chi connectivity index (χ2n) is 16.0. The summed E-state index contributed by atoms with van der Waals surface area (Å²) in [5.41, 5.74) is 11.0. The molecule has 0 atom stereocenters. The summed E-state index contributed by atoms with van der Waals surface area (Å²) in [6.07, 6.45) is 0. The quantitative estimate of drug-likeness (QED) is 0.167. The lowest BCUT2D eigenvalue weighted by Crippen LogP contribution is -2.10. The third kappa shape index (κ3) is 4.67. The molecule has 268 valence electrons. The zero-order valence-electron chi connectivity index (χ0n) is 31.7. The summed E-state index contributed by atoms with van der Waals surface area (Å²) in [4.78, 5) is 3.92. The van der Waals surface area contributed by atoms with Gasteiger partial charge in [0.1, 0.15) is 6.07 Å². The third-order valence-corrected chi connectivity index (χ3v) is 11.8. The van der Waals surface area contributed by atoms with Crippen LogP contribution in [0.4, 0.5) is 5.69 Å². The van der Waals surface area contributed by atoms with Gasteiger partial charge in [0, 0.05) is 38.0 Å². The Kier molecular flexibility index (Phi) is 6.88. The van der Waals surface area contributed by atoms with Gasteiger partial charge in [0.15, 0.2) is 5.69 Å². The third-order valence-electron chi connectivity index (χ3n) is 11.8. The molecule has 0 radical (unpaired) electrons. The van der Waals surface area contributed by atoms with Crippen LogP contribution >= 0.6 is 0 Å². The van der Waals surface area contributed by atoms with Gasteiger partial charge >= 0.3 is 0 Å². The topological polar surface area (TPSA) is 42.9 Å². The average molecular weight is 730 g/mol. The fourth-order valence-corrected chi connectivity index (χ4v) is 9.22. The van der Waals surface area contributed by atoms with Crippen molar-refractivity contribution in [2.24, 2.45) is 0 Å². The van der Waals surface area contributed by atoms with Crippen LogP contribution in [0.1, 0.15) is 31.9 Å². The molecule has 11 rings (SSSR count). The minimum Gasteiger partial charge on any atom is -0.309 e. The molecule has 3 aromatic heterocycles. The van der Waals surface area contributed by atoms with Crippen molar-refractivity contribution in [2.45, 2.75) is 26.2 Å². The summed E-state index contributed by atoms with van der Waals surface area (Å²) in [6.45, 7) is 14.9. The zero-order valence-corrected chi connectivity index (χ0v) is 31.7. The summed E-state index contributed by atoms with van der Waals surface area (Å²) < 4.78 is 6.88. The normalized spacial score (nSPS) is 12.1. The number of hydrogen-bond acceptors (Lipinski definition) is 1. The molecule has 5 heteroatoms. The molecule has 57 heavy (non-hydrogen) atoms. The monoisotopic (exact) mass is 729 g/mol. The van der Waals surface area contributed by atoms with Gasteiger partial charge in [0.2, 0.25) is 0 Å². The van der Waals surface area contributed by atoms with Gasteiger partial charge in [0.25, 0.3) is 0 Å². The molecule has 0 fully saturated rings. The van der Waals surface area contributed by atoms with Crippen molar-refractivity contribution in [1.82, 2.24) is 13.7 Å². The number of aromatic nitrogens is 3. The van der Waals surface area contributed by atoms with Crippen molar-refractivity contribution in [3.8, 4) is 23.1 Å². The molecule has 0 saturated carbocycles. The van der Waals surface area contributed by atoms with E-state index in [0.717, 1.165) is 82.5 Å². The molecule has 5 nitrogen and oxygen atoms in total. The summed E-state index contributed by atoms with van der Waals surface area (Å²) in [5.74, 6) is 0. The van der Waals surface area contributed by atoms with Crippen molar-refractivity contribution >= 4 is 81.9 Å². The Morgan fingerprint density at radius 3 is 1.74 bits per heavy atom. The van der Waals surface area contributed by atoms with E-state index in [-0.39, 0.29) is 5.41 Å². The summed E-state index contributed by atoms with van der Waals surface area (Å²) >= 11 is 0. The average Bonchev–Trinajstić information content (AvgIpc) is 3.88. The molecule has 0 bridgehead atoms. The van der Waals surface area contributed by atoms with Crippen molar-refractivity contribution < 1.29 is 0 Å². The number of nitriles is 1. The predicted octanol–water partition coefficient (Wildman–Crippen LogP) is 13.9. The van der Waals surface area contributed by atoms with Crippen molar-refractivity contribution in [1.29, 1.82) is 5.26 Å². The van der Waals surface area contributed by atoms with E-state index in [1.807, 2.05) is 6.07 Å². The van der Waals surface area contributed by atoms with Crippen molar-refractivity contribution in [3.63, 3.8) is 0 Å². The highest BCUT2D eigenvalue weighted by atomic mass is 15.1. The highest BCUT2D eigenvalue weighted by Crippen LogP contribution is 2.44. The Balaban J connectivity index is 1.29. The minimum absolute atomic E-state index is 0.0402. The minimum atomic E-state index is -0.0402. The first kappa shape index (κ1) is 32.8. The van der Waals surface area contributed by atoms with E-state index in [4.69, 9.17) is 6.57 Å². The maximum absolute atomic E-state index is 11.0. The Labute approximate surface area is 329 Å². The first-order chi connectivity index (χ1) is 27.8. The number of para-hydroxylation sites is 3. The molecule has 0 unspecified atom stereocenters. The molecule has 0 aliphatic carbocycles. The van der Waals surface area contributed by atoms with E-state index in [1.165, 1.54) is 16.3 Å². The Morgan fingerprint density at radius 2 is 1.07 bits per heavy atom. The molecular weight excluding hydrogens is 695 g/mol. The van der Waals surface area contributed by atoms with E-state index in [2.05, 4.69) is 191 Å². The standard InChI is InChI=1S/C52H35N5/c1-52(2,3)34-22-25-46-41(28-34)40-17-9-12-20-45(40)57(46)51-33(31-53)27-35(54-4)29-49(51)56-47-26-23-36(30-42(47)50-37-14-6-5-13-32(37)21-24-48(50)56)55-43-18-10-7-15-38(43)39-16-8-11-19-44(39)55/h5-30H,1-3H3. The maximum Gasteiger partial charge on any atom is 0.190 e. The van der Waals surface area contributed by atoms with Crippen LogP contribution in [-0.4, -0.2) is 13.7 Å². The molecule has 8 aromatic carbocycles. The van der Waals surface area contributed by atoms with Crippen LogP contribution in [0.3, 0.4) is 0 Å². The van der Waals surface area contributed by atoms with E-state index in [9.17, 15) is 5.26 Å². The van der Waals surface area contributed by atoms with Crippen molar-refractivity contribution in [2.75, 3.05) is 0 Å². The largest absolute Gasteiger partial charge is 0.309 e. The van der Waals surface area contributed by atoms with E-state index in [1.54, 1.807) is 6.07 Å². The number of fused-ring (bicyclic) bond motifs is 11. The van der Waals surface area contributed by atoms with Crippen LogP contribution in [0.5, 0.6) is 0 Å². The van der Waals surface area contributed by atoms with Crippen LogP contribution < -0.4 is 0 Å². The predicted molar refractivity (Wildman–Crippen MR) is 237 cm³/mol. The molecule has 0 amide bonds. The SMILES string of the molecule is [C-]#[N+]c1cc(C#N)c(-n2c3ccccc3c3cc(C(C)(C)C)ccc32)c(-n2c3ccc(-n4c5ccccc5c5ccccc54)cc3c3c4ccccc4ccc32)c1. The molecule has 11 aromatic rings. The fraction of sp³-hybridized carbons (Fsp3) is 0.0769. The van der Waals surface area contributed by atoms with Crippen molar-refractivity contribution in [3.05, 3.63) is 180 Å². The van der Waals surface area contributed by atoms with Gasteiger partial charge in [-0.2, -0.15) is 5.26 Å². The second-order valence-corrected chi connectivity index (χ2v) is 16.0. The molecule has 3 heterocycles. The van der Waals surface area contributed by atoms with Crippen LogP contribution in [0.15, 0.2) is 158 Å². The number of hydrogen-bond donors (Lipinski definition) is 0. The summed E-state index contributed by atoms with van der Waals surface area (Å²) in [7, 11) is 0. The zero-order chi connectivity index (χ0) is 38.6. The van der Waals surface area contributed by atoms with Gasteiger partial charge in [-0.3, -0.25) is 0 Å². The van der Waals surface area contributed by atoms with Crippen LogP contribution in [0.25, 0.3) is 98.1 Å². The molecule has 0 spiro atoms. The summed E-state index contributed by atoms with van der Waals surface area (Å²) in [5, 5.41) is 20.2. The van der Waals surface area contributed by atoms with Gasteiger partial charge < -0.3 is 13.7 Å². The number of rotatable bonds is 3. The smallest absolute Gasteiger partial charge is 0.190 e. The van der Waals surface area contributed by atoms with Gasteiger partial charge in [0.05, 0.1) is 56.6 Å². The van der Waals surface area contributed by atoms with E-state index < -0.39 is 0 Å². The van der Waals surface area contributed by atoms with Crippen LogP contribution in [-0.2, 0) is 5.41 Å². The first-order valence-corrected chi connectivity index (χ1v) is 19.3. The number of nitrogens with zero attached hydrogens (tertiary/aromatic N) is 5. The molecular formula is C52H35N5. The molecule has 0 aliphatic heterocycles. The second kappa shape index (κ2) is 11.9. The maximum atomic E-state index is 11.0. The summed E-state index contributed by atoms with van der Waals surface area (Å²) in [6, 6.07) is 58.2. The van der Waals surface area contributed by atoms with Crippen LogP contribution in [0, 0.1) is 17.9 Å². The van der Waals surface area contributed by atoms with E-state index in [0.29, 0.717) is 11.3 Å². The van der Waals surface area contributed by atoms with Gasteiger partial charge in [-0.1, -0.05) is 112 Å². The molecule has 0 aliphatic rings.